The average Bonchev–Trinajstić information content (AvgIpc) is 3.14. The fourth-order valence-corrected chi connectivity index (χ4v) is 2.52. The largest absolute Gasteiger partial charge is 0.478 e. The van der Waals surface area contributed by atoms with Gasteiger partial charge in [-0.05, 0) is 50.8 Å². The number of halogens is 1. The Bertz CT molecular complexity index is 553. The third kappa shape index (κ3) is 3.50. The molecule has 1 aliphatic rings. The highest BCUT2D eigenvalue weighted by atomic mass is 79.9. The Kier molecular flexibility index (Phi) is 4.04. The third-order valence-electron chi connectivity index (χ3n) is 3.49. The number of rotatable bonds is 4. The van der Waals surface area contributed by atoms with Crippen LogP contribution in [0.3, 0.4) is 0 Å². The van der Waals surface area contributed by atoms with E-state index in [0.29, 0.717) is 10.4 Å². The van der Waals surface area contributed by atoms with Crippen LogP contribution in [0.2, 0.25) is 0 Å². The van der Waals surface area contributed by atoms with Crippen molar-refractivity contribution in [2.24, 2.45) is 5.92 Å². The zero-order valence-electron chi connectivity index (χ0n) is 11.4. The van der Waals surface area contributed by atoms with Gasteiger partial charge in [-0.3, -0.25) is 0 Å². The first-order valence-electron chi connectivity index (χ1n) is 6.41. The second-order valence-electron chi connectivity index (χ2n) is 5.57. The summed E-state index contributed by atoms with van der Waals surface area (Å²) in [4.78, 5) is 23.2. The fraction of sp³-hybridized carbons (Fsp3) is 0.429. The number of urea groups is 1. The highest BCUT2D eigenvalue weighted by Gasteiger charge is 2.38. The van der Waals surface area contributed by atoms with E-state index >= 15 is 0 Å². The molecule has 0 heterocycles. The molecule has 1 aliphatic carbocycles. The van der Waals surface area contributed by atoms with E-state index in [1.165, 1.54) is 6.07 Å². The summed E-state index contributed by atoms with van der Waals surface area (Å²) in [6, 6.07) is 4.33. The van der Waals surface area contributed by atoms with Gasteiger partial charge in [0.2, 0.25) is 0 Å². The summed E-state index contributed by atoms with van der Waals surface area (Å²) in [7, 11) is 0. The van der Waals surface area contributed by atoms with Gasteiger partial charge in [0.25, 0.3) is 0 Å². The van der Waals surface area contributed by atoms with Crippen molar-refractivity contribution < 1.29 is 14.7 Å². The second-order valence-corrected chi connectivity index (χ2v) is 6.49. The van der Waals surface area contributed by atoms with Crippen molar-refractivity contribution in [3.8, 4) is 0 Å². The maximum absolute atomic E-state index is 12.0. The summed E-state index contributed by atoms with van der Waals surface area (Å²) in [5.74, 6) is -0.583. The molecule has 0 saturated heterocycles. The quantitative estimate of drug-likeness (QED) is 0.785. The molecule has 3 N–H and O–H groups in total. The number of benzene rings is 1. The lowest BCUT2D eigenvalue weighted by Crippen LogP contribution is -2.47. The van der Waals surface area contributed by atoms with Crippen LogP contribution in [0.25, 0.3) is 0 Å². The number of hydrogen-bond donors (Lipinski definition) is 3. The van der Waals surface area contributed by atoms with Crippen molar-refractivity contribution in [2.45, 2.75) is 32.2 Å². The number of aromatic carboxylic acids is 1. The van der Waals surface area contributed by atoms with Crippen molar-refractivity contribution in [2.75, 3.05) is 5.32 Å². The molecule has 1 aromatic carbocycles. The molecular weight excluding hydrogens is 324 g/mol. The van der Waals surface area contributed by atoms with Crippen LogP contribution in [0.15, 0.2) is 22.7 Å². The molecule has 2 amide bonds. The Balaban J connectivity index is 2.09. The van der Waals surface area contributed by atoms with Gasteiger partial charge in [0.15, 0.2) is 0 Å². The lowest BCUT2D eigenvalue weighted by Gasteiger charge is -2.26. The first kappa shape index (κ1) is 14.8. The Morgan fingerprint density at radius 2 is 2.00 bits per heavy atom. The van der Waals surface area contributed by atoms with Crippen molar-refractivity contribution in [1.82, 2.24) is 5.32 Å². The normalized spacial score (nSPS) is 14.8. The standard InChI is InChI=1S/C14H17BrN2O3/c1-14(2,8-3-4-8)17-13(20)16-11-6-5-9(15)7-10(11)12(18)19/h5-8H,3-4H2,1-2H3,(H,18,19)(H2,16,17,20). The molecule has 2 rings (SSSR count). The molecule has 1 fully saturated rings. The Morgan fingerprint density at radius 3 is 2.55 bits per heavy atom. The molecule has 0 aliphatic heterocycles. The summed E-state index contributed by atoms with van der Waals surface area (Å²) in [5.41, 5.74) is 0.0617. The lowest BCUT2D eigenvalue weighted by molar-refractivity contribution is 0.0698. The lowest BCUT2D eigenvalue weighted by atomic mass is 9.99. The minimum Gasteiger partial charge on any atom is -0.478 e. The second kappa shape index (κ2) is 5.44. The highest BCUT2D eigenvalue weighted by molar-refractivity contribution is 9.10. The molecule has 20 heavy (non-hydrogen) atoms. The molecule has 0 bridgehead atoms. The van der Waals surface area contributed by atoms with Crippen molar-refractivity contribution in [3.63, 3.8) is 0 Å². The van der Waals surface area contributed by atoms with Crippen LogP contribution < -0.4 is 10.6 Å². The van der Waals surface area contributed by atoms with Crippen molar-refractivity contribution in [1.29, 1.82) is 0 Å². The Hall–Kier alpha value is -1.56. The molecule has 0 spiro atoms. The van der Waals surface area contributed by atoms with Crippen LogP contribution in [-0.2, 0) is 0 Å². The predicted molar refractivity (Wildman–Crippen MR) is 80.1 cm³/mol. The van der Waals surface area contributed by atoms with E-state index in [9.17, 15) is 9.59 Å². The molecule has 0 radical (unpaired) electrons. The van der Waals surface area contributed by atoms with E-state index in [1.807, 2.05) is 13.8 Å². The van der Waals surface area contributed by atoms with Crippen LogP contribution >= 0.6 is 15.9 Å². The summed E-state index contributed by atoms with van der Waals surface area (Å²) >= 11 is 3.22. The third-order valence-corrected chi connectivity index (χ3v) is 3.99. The Morgan fingerprint density at radius 1 is 1.35 bits per heavy atom. The van der Waals surface area contributed by atoms with Crippen LogP contribution in [0, 0.1) is 5.92 Å². The minimum atomic E-state index is -1.08. The van der Waals surface area contributed by atoms with Gasteiger partial charge < -0.3 is 15.7 Å². The number of anilines is 1. The van der Waals surface area contributed by atoms with Gasteiger partial charge >= 0.3 is 12.0 Å². The van der Waals surface area contributed by atoms with Gasteiger partial charge in [-0.25, -0.2) is 9.59 Å². The van der Waals surface area contributed by atoms with Crippen molar-refractivity contribution >= 4 is 33.6 Å². The van der Waals surface area contributed by atoms with Crippen molar-refractivity contribution in [3.05, 3.63) is 28.2 Å². The number of hydrogen-bond acceptors (Lipinski definition) is 2. The molecular formula is C14H17BrN2O3. The number of carboxylic acid groups (broad SMARTS) is 1. The molecule has 0 unspecified atom stereocenters. The summed E-state index contributed by atoms with van der Waals surface area (Å²) < 4.78 is 0.652. The van der Waals surface area contributed by atoms with Gasteiger partial charge in [0, 0.05) is 10.0 Å². The Labute approximate surface area is 125 Å². The first-order valence-corrected chi connectivity index (χ1v) is 7.21. The SMILES string of the molecule is CC(C)(NC(=O)Nc1ccc(Br)cc1C(=O)O)C1CC1. The van der Waals surface area contributed by atoms with E-state index in [-0.39, 0.29) is 22.8 Å². The summed E-state index contributed by atoms with van der Waals surface area (Å²) in [6.45, 7) is 3.95. The molecule has 0 aromatic heterocycles. The molecule has 108 valence electrons. The summed E-state index contributed by atoms with van der Waals surface area (Å²) in [6.07, 6.45) is 2.23. The van der Waals surface area contributed by atoms with E-state index in [2.05, 4.69) is 26.6 Å². The number of carbonyl (C=O) groups excluding carboxylic acids is 1. The topological polar surface area (TPSA) is 78.4 Å². The maximum atomic E-state index is 12.0. The highest BCUT2D eigenvalue weighted by Crippen LogP contribution is 2.39. The van der Waals surface area contributed by atoms with Gasteiger partial charge in [-0.15, -0.1) is 0 Å². The summed E-state index contributed by atoms with van der Waals surface area (Å²) in [5, 5.41) is 14.6. The number of carbonyl (C=O) groups is 2. The van der Waals surface area contributed by atoms with Crippen LogP contribution in [0.4, 0.5) is 10.5 Å². The van der Waals surface area contributed by atoms with Crippen LogP contribution in [0.5, 0.6) is 0 Å². The first-order chi connectivity index (χ1) is 9.29. The van der Waals surface area contributed by atoms with Crippen LogP contribution in [0.1, 0.15) is 37.0 Å². The zero-order valence-corrected chi connectivity index (χ0v) is 13.0. The fourth-order valence-electron chi connectivity index (χ4n) is 2.16. The van der Waals surface area contributed by atoms with E-state index in [1.54, 1.807) is 12.1 Å². The zero-order chi connectivity index (χ0) is 14.9. The maximum Gasteiger partial charge on any atom is 0.337 e. The molecule has 5 nitrogen and oxygen atoms in total. The van der Waals surface area contributed by atoms with Gasteiger partial charge in [0.05, 0.1) is 11.3 Å². The van der Waals surface area contributed by atoms with Crippen LogP contribution in [-0.4, -0.2) is 22.6 Å². The number of carboxylic acids is 1. The van der Waals surface area contributed by atoms with Gasteiger partial charge in [-0.2, -0.15) is 0 Å². The molecule has 0 atom stereocenters. The number of nitrogens with one attached hydrogen (secondary N) is 2. The molecule has 6 heteroatoms. The molecule has 1 aromatic rings. The smallest absolute Gasteiger partial charge is 0.337 e. The molecule has 1 saturated carbocycles. The number of amides is 2. The predicted octanol–water partition coefficient (Wildman–Crippen LogP) is 3.46. The van der Waals surface area contributed by atoms with E-state index < -0.39 is 5.97 Å². The monoisotopic (exact) mass is 340 g/mol. The van der Waals surface area contributed by atoms with Gasteiger partial charge in [-0.1, -0.05) is 15.9 Å². The van der Waals surface area contributed by atoms with E-state index in [4.69, 9.17) is 5.11 Å². The van der Waals surface area contributed by atoms with Gasteiger partial charge in [0.1, 0.15) is 0 Å². The minimum absolute atomic E-state index is 0.0544. The average molecular weight is 341 g/mol. The van der Waals surface area contributed by atoms with E-state index in [0.717, 1.165) is 12.8 Å².